The van der Waals surface area contributed by atoms with Gasteiger partial charge in [0.1, 0.15) is 5.69 Å². The number of pyridine rings is 1. The van der Waals surface area contributed by atoms with Gasteiger partial charge in [-0.3, -0.25) is 14.6 Å². The smallest absolute Gasteiger partial charge is 0.100 e. The lowest BCUT2D eigenvalue weighted by molar-refractivity contribution is 0.0831. The molecule has 7 heteroatoms. The zero-order valence-electron chi connectivity index (χ0n) is 14.2. The molecule has 130 valence electrons. The molecule has 0 saturated carbocycles. The fourth-order valence-electron chi connectivity index (χ4n) is 3.37. The Morgan fingerprint density at radius 2 is 2.16 bits per heavy atom. The molecule has 3 aromatic heterocycles. The first-order valence-corrected chi connectivity index (χ1v) is 9.27. The molecule has 4 rings (SSSR count). The third-order valence-corrected chi connectivity index (χ3v) is 5.34. The molecular weight excluding hydrogens is 334 g/mol. The van der Waals surface area contributed by atoms with Gasteiger partial charge in [-0.25, -0.2) is 0 Å². The summed E-state index contributed by atoms with van der Waals surface area (Å²) in [4.78, 5) is 7.85. The number of fused-ring (bicyclic) bond motifs is 1. The first-order valence-electron chi connectivity index (χ1n) is 8.39. The summed E-state index contributed by atoms with van der Waals surface area (Å²) in [6.07, 6.45) is 3.59. The Kier molecular flexibility index (Phi) is 4.87. The molecule has 0 saturated heterocycles. The summed E-state index contributed by atoms with van der Waals surface area (Å²) >= 11 is 1.80. The molecule has 6 nitrogen and oxygen atoms in total. The van der Waals surface area contributed by atoms with E-state index in [4.69, 9.17) is 4.74 Å². The van der Waals surface area contributed by atoms with Gasteiger partial charge in [-0.2, -0.15) is 0 Å². The molecule has 25 heavy (non-hydrogen) atoms. The molecule has 0 unspecified atom stereocenters. The van der Waals surface area contributed by atoms with Gasteiger partial charge in [0.05, 0.1) is 18.9 Å². The number of hydrogen-bond donors (Lipinski definition) is 0. The van der Waals surface area contributed by atoms with Crippen LogP contribution in [0.4, 0.5) is 0 Å². The van der Waals surface area contributed by atoms with Gasteiger partial charge in [0.15, 0.2) is 0 Å². The van der Waals surface area contributed by atoms with Gasteiger partial charge < -0.3 is 4.74 Å². The summed E-state index contributed by atoms with van der Waals surface area (Å²) in [6.45, 7) is 4.03. The average molecular weight is 355 g/mol. The molecule has 0 aliphatic carbocycles. The first-order chi connectivity index (χ1) is 12.3. The van der Waals surface area contributed by atoms with E-state index in [0.29, 0.717) is 13.2 Å². The van der Waals surface area contributed by atoms with Crippen LogP contribution in [-0.2, 0) is 31.5 Å². The monoisotopic (exact) mass is 355 g/mol. The van der Waals surface area contributed by atoms with Crippen molar-refractivity contribution in [2.75, 3.05) is 13.2 Å². The topological polar surface area (TPSA) is 56.1 Å². The summed E-state index contributed by atoms with van der Waals surface area (Å²) in [7, 11) is 1.97. The van der Waals surface area contributed by atoms with Crippen molar-refractivity contribution >= 4 is 11.3 Å². The lowest BCUT2D eigenvalue weighted by Gasteiger charge is -2.31. The summed E-state index contributed by atoms with van der Waals surface area (Å²) in [6, 6.07) is 8.26. The summed E-state index contributed by atoms with van der Waals surface area (Å²) < 4.78 is 7.90. The van der Waals surface area contributed by atoms with Gasteiger partial charge >= 0.3 is 0 Å². The van der Waals surface area contributed by atoms with Crippen LogP contribution in [0.15, 0.2) is 42.0 Å². The molecule has 3 aromatic rings. The molecule has 1 atom stereocenters. The Morgan fingerprint density at radius 1 is 1.28 bits per heavy atom. The van der Waals surface area contributed by atoms with Crippen LogP contribution >= 0.6 is 11.3 Å². The second-order valence-corrected chi connectivity index (χ2v) is 7.39. The van der Waals surface area contributed by atoms with Crippen molar-refractivity contribution in [3.8, 4) is 0 Å². The lowest BCUT2D eigenvalue weighted by atomic mass is 9.99. The predicted molar refractivity (Wildman–Crippen MR) is 96.1 cm³/mol. The minimum absolute atomic E-state index is 0.283. The van der Waals surface area contributed by atoms with Gasteiger partial charge in [-0.1, -0.05) is 11.3 Å². The van der Waals surface area contributed by atoms with E-state index in [0.717, 1.165) is 30.9 Å². The number of rotatable bonds is 6. The third kappa shape index (κ3) is 3.78. The third-order valence-electron chi connectivity index (χ3n) is 4.48. The molecule has 0 radical (unpaired) electrons. The van der Waals surface area contributed by atoms with Crippen molar-refractivity contribution in [3.05, 3.63) is 63.9 Å². The SMILES string of the molecule is Cn1nnc2c1[C@@H](COCc1ccncc1)CN(Cc1cccs1)C2. The minimum atomic E-state index is 0.283. The van der Waals surface area contributed by atoms with E-state index in [1.165, 1.54) is 10.6 Å². The quantitative estimate of drug-likeness (QED) is 0.680. The first kappa shape index (κ1) is 16.4. The molecule has 1 aliphatic heterocycles. The number of thiophene rings is 1. The van der Waals surface area contributed by atoms with Crippen LogP contribution < -0.4 is 0 Å². The summed E-state index contributed by atoms with van der Waals surface area (Å²) in [5, 5.41) is 10.7. The fraction of sp³-hybridized carbons (Fsp3) is 0.389. The maximum absolute atomic E-state index is 6.00. The van der Waals surface area contributed by atoms with E-state index in [-0.39, 0.29) is 5.92 Å². The van der Waals surface area contributed by atoms with Crippen LogP contribution in [-0.4, -0.2) is 38.0 Å². The molecule has 0 aromatic carbocycles. The van der Waals surface area contributed by atoms with Crippen LogP contribution in [0.3, 0.4) is 0 Å². The summed E-state index contributed by atoms with van der Waals surface area (Å²) in [5.74, 6) is 0.283. The Labute approximate surface area is 151 Å². The van der Waals surface area contributed by atoms with E-state index >= 15 is 0 Å². The highest BCUT2D eigenvalue weighted by Crippen LogP contribution is 2.28. The standard InChI is InChI=1S/C18H21N5OS/c1-22-18-15(13-24-12-14-4-6-19-7-5-14)9-23(11-17(18)20-21-22)10-16-3-2-8-25-16/h2-8,15H,9-13H2,1H3/t15-/m1/s1. The van der Waals surface area contributed by atoms with E-state index < -0.39 is 0 Å². The molecule has 0 bridgehead atoms. The summed E-state index contributed by atoms with van der Waals surface area (Å²) in [5.41, 5.74) is 3.42. The van der Waals surface area contributed by atoms with Crippen LogP contribution in [0.25, 0.3) is 0 Å². The molecule has 0 N–H and O–H groups in total. The van der Waals surface area contributed by atoms with E-state index in [1.54, 1.807) is 23.7 Å². The Balaban J connectivity index is 1.44. The largest absolute Gasteiger partial charge is 0.376 e. The maximum atomic E-state index is 6.00. The normalized spacial score (nSPS) is 17.6. The highest BCUT2D eigenvalue weighted by molar-refractivity contribution is 7.09. The number of aromatic nitrogens is 4. The van der Waals surface area contributed by atoms with Crippen molar-refractivity contribution in [2.24, 2.45) is 7.05 Å². The Morgan fingerprint density at radius 3 is 2.96 bits per heavy atom. The highest BCUT2D eigenvalue weighted by Gasteiger charge is 2.30. The second kappa shape index (κ2) is 7.43. The minimum Gasteiger partial charge on any atom is -0.376 e. The van der Waals surface area contributed by atoms with Gasteiger partial charge in [-0.05, 0) is 29.1 Å². The Hall–Kier alpha value is -2.09. The molecule has 0 spiro atoms. The fourth-order valence-corrected chi connectivity index (χ4v) is 4.11. The zero-order chi connectivity index (χ0) is 17.1. The van der Waals surface area contributed by atoms with Crippen molar-refractivity contribution in [3.63, 3.8) is 0 Å². The van der Waals surface area contributed by atoms with Gasteiger partial charge in [-0.15, -0.1) is 16.4 Å². The van der Waals surface area contributed by atoms with Crippen LogP contribution in [0.1, 0.15) is 27.7 Å². The second-order valence-electron chi connectivity index (χ2n) is 6.36. The molecule has 4 heterocycles. The van der Waals surface area contributed by atoms with Gasteiger partial charge in [0.25, 0.3) is 0 Å². The lowest BCUT2D eigenvalue weighted by Crippen LogP contribution is -2.35. The van der Waals surface area contributed by atoms with Crippen molar-refractivity contribution in [1.82, 2.24) is 24.9 Å². The maximum Gasteiger partial charge on any atom is 0.100 e. The number of nitrogens with zero attached hydrogens (tertiary/aromatic N) is 5. The van der Waals surface area contributed by atoms with Gasteiger partial charge in [0, 0.05) is 49.9 Å². The van der Waals surface area contributed by atoms with E-state index in [1.807, 2.05) is 23.9 Å². The highest BCUT2D eigenvalue weighted by atomic mass is 32.1. The predicted octanol–water partition coefficient (Wildman–Crippen LogP) is 2.59. The molecule has 1 aliphatic rings. The average Bonchev–Trinajstić information content (AvgIpc) is 3.26. The van der Waals surface area contributed by atoms with Crippen molar-refractivity contribution in [2.45, 2.75) is 25.6 Å². The zero-order valence-corrected chi connectivity index (χ0v) is 15.0. The van der Waals surface area contributed by atoms with Crippen LogP contribution in [0.2, 0.25) is 0 Å². The number of hydrogen-bond acceptors (Lipinski definition) is 6. The van der Waals surface area contributed by atoms with Crippen LogP contribution in [0, 0.1) is 0 Å². The number of ether oxygens (including phenoxy) is 1. The van der Waals surface area contributed by atoms with Crippen molar-refractivity contribution in [1.29, 1.82) is 0 Å². The van der Waals surface area contributed by atoms with E-state index in [9.17, 15) is 0 Å². The van der Waals surface area contributed by atoms with Crippen LogP contribution in [0.5, 0.6) is 0 Å². The molecular formula is C18H21N5OS. The molecule has 0 fully saturated rings. The number of aryl methyl sites for hydroxylation is 1. The van der Waals surface area contributed by atoms with E-state index in [2.05, 4.69) is 37.7 Å². The molecule has 0 amide bonds. The van der Waals surface area contributed by atoms with Gasteiger partial charge in [0.2, 0.25) is 0 Å². The van der Waals surface area contributed by atoms with Crippen molar-refractivity contribution < 1.29 is 4.74 Å². The Bertz CT molecular complexity index is 802.